The zero-order chi connectivity index (χ0) is 9.97. The second-order valence-electron chi connectivity index (χ2n) is 3.77. The minimum atomic E-state index is 0.509. The number of benzene rings is 1. The Morgan fingerprint density at radius 2 is 2.07 bits per heavy atom. The van der Waals surface area contributed by atoms with Crippen molar-refractivity contribution in [3.8, 4) is 0 Å². The van der Waals surface area contributed by atoms with Crippen LogP contribution in [0.1, 0.15) is 30.9 Å². The van der Waals surface area contributed by atoms with Crippen molar-refractivity contribution < 1.29 is 5.32 Å². The molecule has 0 aromatic heterocycles. The molecule has 3 heteroatoms. The molecule has 0 amide bonds. The molecule has 1 aliphatic heterocycles. The third-order valence-electron chi connectivity index (χ3n) is 2.80. The lowest BCUT2D eigenvalue weighted by Gasteiger charge is -2.21. The first kappa shape index (κ1) is 10.3. The summed E-state index contributed by atoms with van der Waals surface area (Å²) in [5.41, 5.74) is 1.19. The number of halogens is 2. The zero-order valence-corrected chi connectivity index (χ0v) is 9.48. The van der Waals surface area contributed by atoms with Gasteiger partial charge in [-0.3, -0.25) is 0 Å². The highest BCUT2D eigenvalue weighted by Crippen LogP contribution is 2.30. The number of hydrogen-bond acceptors (Lipinski definition) is 0. The van der Waals surface area contributed by atoms with Crippen LogP contribution in [-0.2, 0) is 0 Å². The normalized spacial score (nSPS) is 22.3. The van der Waals surface area contributed by atoms with Crippen LogP contribution in [0.4, 0.5) is 0 Å². The van der Waals surface area contributed by atoms with Gasteiger partial charge in [-0.2, -0.15) is 0 Å². The van der Waals surface area contributed by atoms with E-state index < -0.39 is 0 Å². The van der Waals surface area contributed by atoms with Gasteiger partial charge in [0, 0.05) is 12.0 Å². The molecule has 1 atom stereocenters. The van der Waals surface area contributed by atoms with E-state index in [4.69, 9.17) is 23.2 Å². The van der Waals surface area contributed by atoms with E-state index in [1.165, 1.54) is 31.4 Å². The summed E-state index contributed by atoms with van der Waals surface area (Å²) in [6.07, 6.45) is 3.82. The molecular weight excluding hydrogens is 217 g/mol. The molecule has 1 heterocycles. The van der Waals surface area contributed by atoms with Crippen LogP contribution in [0.3, 0.4) is 0 Å². The Kier molecular flexibility index (Phi) is 3.32. The summed E-state index contributed by atoms with van der Waals surface area (Å²) in [4.78, 5) is 0. The fraction of sp³-hybridized carbons (Fsp3) is 0.455. The maximum Gasteiger partial charge on any atom is 0.113 e. The van der Waals surface area contributed by atoms with Crippen LogP contribution in [-0.4, -0.2) is 6.54 Å². The van der Waals surface area contributed by atoms with Gasteiger partial charge in [0.25, 0.3) is 0 Å². The van der Waals surface area contributed by atoms with Crippen LogP contribution in [0.2, 0.25) is 10.0 Å². The Balaban J connectivity index is 2.26. The van der Waals surface area contributed by atoms with Crippen LogP contribution in [0.15, 0.2) is 18.2 Å². The monoisotopic (exact) mass is 230 g/mol. The molecule has 0 spiro atoms. The van der Waals surface area contributed by atoms with Gasteiger partial charge in [0.2, 0.25) is 0 Å². The Morgan fingerprint density at radius 3 is 2.79 bits per heavy atom. The number of nitrogens with two attached hydrogens (primary N) is 1. The van der Waals surface area contributed by atoms with Gasteiger partial charge in [-0.15, -0.1) is 0 Å². The van der Waals surface area contributed by atoms with Gasteiger partial charge in [0.15, 0.2) is 0 Å². The molecule has 0 aliphatic carbocycles. The Labute approximate surface area is 94.4 Å². The van der Waals surface area contributed by atoms with Gasteiger partial charge in [-0.1, -0.05) is 35.3 Å². The molecule has 76 valence electrons. The van der Waals surface area contributed by atoms with Gasteiger partial charge in [-0.05, 0) is 18.9 Å². The molecule has 0 saturated carbocycles. The van der Waals surface area contributed by atoms with E-state index in [-0.39, 0.29) is 0 Å². The summed E-state index contributed by atoms with van der Waals surface area (Å²) in [5, 5.41) is 3.77. The van der Waals surface area contributed by atoms with E-state index >= 15 is 0 Å². The molecule has 1 saturated heterocycles. The molecule has 1 nitrogen and oxygen atoms in total. The van der Waals surface area contributed by atoms with Crippen molar-refractivity contribution in [2.45, 2.75) is 25.3 Å². The van der Waals surface area contributed by atoms with Crippen molar-refractivity contribution in [3.63, 3.8) is 0 Å². The molecule has 0 radical (unpaired) electrons. The third kappa shape index (κ3) is 2.05. The summed E-state index contributed by atoms with van der Waals surface area (Å²) < 4.78 is 0. The van der Waals surface area contributed by atoms with Crippen molar-refractivity contribution in [3.05, 3.63) is 33.8 Å². The molecule has 1 aliphatic rings. The average Bonchev–Trinajstić information content (AvgIpc) is 2.23. The highest BCUT2D eigenvalue weighted by Gasteiger charge is 2.21. The lowest BCUT2D eigenvalue weighted by Crippen LogP contribution is -2.86. The highest BCUT2D eigenvalue weighted by atomic mass is 35.5. The van der Waals surface area contributed by atoms with Gasteiger partial charge in [0.1, 0.15) is 6.04 Å². The minimum Gasteiger partial charge on any atom is -0.340 e. The molecule has 0 bridgehead atoms. The predicted octanol–water partition coefficient (Wildman–Crippen LogP) is 2.78. The van der Waals surface area contributed by atoms with Crippen LogP contribution in [0.25, 0.3) is 0 Å². The number of hydrogen-bond donors (Lipinski definition) is 1. The first-order valence-corrected chi connectivity index (χ1v) is 5.82. The van der Waals surface area contributed by atoms with E-state index in [0.717, 1.165) is 5.02 Å². The first-order chi connectivity index (χ1) is 6.79. The topological polar surface area (TPSA) is 16.6 Å². The van der Waals surface area contributed by atoms with Crippen molar-refractivity contribution in [2.24, 2.45) is 0 Å². The molecule has 2 N–H and O–H groups in total. The lowest BCUT2D eigenvalue weighted by atomic mass is 9.97. The average molecular weight is 231 g/mol. The SMILES string of the molecule is Clc1cccc([C@@H]2CCCC[NH2+]2)c1Cl. The van der Waals surface area contributed by atoms with E-state index in [9.17, 15) is 0 Å². The summed E-state index contributed by atoms with van der Waals surface area (Å²) in [6.45, 7) is 1.20. The van der Waals surface area contributed by atoms with Crippen molar-refractivity contribution in [1.82, 2.24) is 0 Å². The fourth-order valence-corrected chi connectivity index (χ4v) is 2.48. The van der Waals surface area contributed by atoms with Crippen LogP contribution >= 0.6 is 23.2 Å². The van der Waals surface area contributed by atoms with Crippen molar-refractivity contribution >= 4 is 23.2 Å². The number of rotatable bonds is 1. The molecule has 1 aromatic carbocycles. The number of piperidine rings is 1. The maximum atomic E-state index is 6.17. The van der Waals surface area contributed by atoms with Gasteiger partial charge < -0.3 is 5.32 Å². The lowest BCUT2D eigenvalue weighted by molar-refractivity contribution is -0.704. The Bertz CT molecular complexity index is 319. The molecule has 1 fully saturated rings. The minimum absolute atomic E-state index is 0.509. The van der Waals surface area contributed by atoms with Gasteiger partial charge in [0.05, 0.1) is 16.6 Å². The largest absolute Gasteiger partial charge is 0.340 e. The van der Waals surface area contributed by atoms with E-state index in [1.807, 2.05) is 12.1 Å². The highest BCUT2D eigenvalue weighted by molar-refractivity contribution is 6.42. The standard InChI is InChI=1S/C11H13Cl2N/c12-9-5-3-4-8(11(9)13)10-6-1-2-7-14-10/h3-5,10,14H,1-2,6-7H2/p+1/t10-/m0/s1. The second kappa shape index (κ2) is 4.52. The van der Waals surface area contributed by atoms with Crippen LogP contribution in [0.5, 0.6) is 0 Å². The van der Waals surface area contributed by atoms with E-state index in [2.05, 4.69) is 11.4 Å². The summed E-state index contributed by atoms with van der Waals surface area (Å²) in [6, 6.07) is 6.41. The quantitative estimate of drug-likeness (QED) is 0.765. The second-order valence-corrected chi connectivity index (χ2v) is 4.55. The molecule has 2 rings (SSSR count). The molecule has 0 unspecified atom stereocenters. The van der Waals surface area contributed by atoms with Crippen LogP contribution < -0.4 is 5.32 Å². The van der Waals surface area contributed by atoms with Crippen molar-refractivity contribution in [1.29, 1.82) is 0 Å². The van der Waals surface area contributed by atoms with Crippen molar-refractivity contribution in [2.75, 3.05) is 6.54 Å². The smallest absolute Gasteiger partial charge is 0.113 e. The summed E-state index contributed by atoms with van der Waals surface area (Å²) >= 11 is 12.2. The maximum absolute atomic E-state index is 6.17. The first-order valence-electron chi connectivity index (χ1n) is 5.06. The number of quaternary nitrogens is 1. The summed E-state index contributed by atoms with van der Waals surface area (Å²) in [7, 11) is 0. The van der Waals surface area contributed by atoms with E-state index in [0.29, 0.717) is 11.1 Å². The zero-order valence-electron chi connectivity index (χ0n) is 7.97. The Morgan fingerprint density at radius 1 is 1.21 bits per heavy atom. The van der Waals surface area contributed by atoms with Gasteiger partial charge >= 0.3 is 0 Å². The molecule has 14 heavy (non-hydrogen) atoms. The molecular formula is C11H14Cl2N+. The van der Waals surface area contributed by atoms with Crippen LogP contribution in [0, 0.1) is 0 Å². The third-order valence-corrected chi connectivity index (χ3v) is 3.63. The summed E-state index contributed by atoms with van der Waals surface area (Å²) in [5.74, 6) is 0. The molecule has 1 aromatic rings. The van der Waals surface area contributed by atoms with E-state index in [1.54, 1.807) is 0 Å². The Hall–Kier alpha value is -0.240. The fourth-order valence-electron chi connectivity index (χ4n) is 2.03. The van der Waals surface area contributed by atoms with Gasteiger partial charge in [-0.25, -0.2) is 0 Å². The predicted molar refractivity (Wildman–Crippen MR) is 59.8 cm³/mol.